The van der Waals surface area contributed by atoms with Crippen molar-refractivity contribution in [2.75, 3.05) is 18.4 Å². The van der Waals surface area contributed by atoms with Gasteiger partial charge in [0.25, 0.3) is 0 Å². The third-order valence-corrected chi connectivity index (χ3v) is 3.74. The van der Waals surface area contributed by atoms with E-state index < -0.39 is 0 Å². The van der Waals surface area contributed by atoms with Crippen molar-refractivity contribution in [3.63, 3.8) is 0 Å². The van der Waals surface area contributed by atoms with E-state index in [2.05, 4.69) is 16.5 Å². The van der Waals surface area contributed by atoms with Gasteiger partial charge in [-0.15, -0.1) is 0 Å². The van der Waals surface area contributed by atoms with Gasteiger partial charge in [0.2, 0.25) is 0 Å². The van der Waals surface area contributed by atoms with Crippen molar-refractivity contribution in [1.82, 2.24) is 9.78 Å². The minimum atomic E-state index is 0.318. The molecule has 1 aromatic heterocycles. The molecule has 0 saturated heterocycles. The van der Waals surface area contributed by atoms with Gasteiger partial charge in [-0.25, -0.2) is 0 Å². The minimum Gasteiger partial charge on any atom is -0.370 e. The summed E-state index contributed by atoms with van der Waals surface area (Å²) in [5.41, 5.74) is 7.29. The molecule has 1 saturated carbocycles. The van der Waals surface area contributed by atoms with Crippen molar-refractivity contribution < 1.29 is 0 Å². The maximum absolute atomic E-state index is 5.91. The first-order valence-electron chi connectivity index (χ1n) is 6.10. The molecule has 1 aliphatic rings. The van der Waals surface area contributed by atoms with Gasteiger partial charge in [0.05, 0.1) is 5.69 Å². The molecule has 0 aliphatic heterocycles. The van der Waals surface area contributed by atoms with Gasteiger partial charge in [0.1, 0.15) is 5.82 Å². The Balaban J connectivity index is 1.98. The Morgan fingerprint density at radius 2 is 2.19 bits per heavy atom. The Morgan fingerprint density at radius 1 is 1.50 bits per heavy atom. The van der Waals surface area contributed by atoms with Gasteiger partial charge in [-0.3, -0.25) is 4.68 Å². The number of rotatable bonds is 4. The number of nitrogens with one attached hydrogen (secondary N) is 1. The Kier molecular flexibility index (Phi) is 3.19. The van der Waals surface area contributed by atoms with Gasteiger partial charge in [-0.2, -0.15) is 5.10 Å². The molecule has 4 heteroatoms. The maximum Gasteiger partial charge on any atom is 0.124 e. The zero-order valence-corrected chi connectivity index (χ0v) is 10.3. The number of anilines is 1. The summed E-state index contributed by atoms with van der Waals surface area (Å²) in [6.45, 7) is 3.78. The van der Waals surface area contributed by atoms with E-state index in [1.54, 1.807) is 0 Å². The third kappa shape index (κ3) is 2.21. The van der Waals surface area contributed by atoms with Gasteiger partial charge in [-0.05, 0) is 31.7 Å². The van der Waals surface area contributed by atoms with Crippen molar-refractivity contribution >= 4 is 5.82 Å². The van der Waals surface area contributed by atoms with Crippen LogP contribution in [0.3, 0.4) is 0 Å². The Morgan fingerprint density at radius 3 is 2.69 bits per heavy atom. The molecular formula is C12H22N4. The molecule has 0 atom stereocenters. The molecule has 1 heterocycles. The van der Waals surface area contributed by atoms with Crippen LogP contribution in [0.5, 0.6) is 0 Å². The largest absolute Gasteiger partial charge is 0.370 e. The molecule has 1 fully saturated rings. The van der Waals surface area contributed by atoms with E-state index in [9.17, 15) is 0 Å². The first kappa shape index (κ1) is 11.5. The summed E-state index contributed by atoms with van der Waals surface area (Å²) in [5.74, 6) is 1.09. The highest BCUT2D eigenvalue weighted by Crippen LogP contribution is 2.37. The summed E-state index contributed by atoms with van der Waals surface area (Å²) in [5, 5.41) is 7.82. The van der Waals surface area contributed by atoms with Crippen LogP contribution < -0.4 is 11.1 Å². The molecule has 1 aromatic rings. The molecule has 16 heavy (non-hydrogen) atoms. The Hall–Kier alpha value is -1.03. The van der Waals surface area contributed by atoms with Gasteiger partial charge < -0.3 is 11.1 Å². The summed E-state index contributed by atoms with van der Waals surface area (Å²) in [6.07, 6.45) is 5.16. The van der Waals surface area contributed by atoms with E-state index in [1.165, 1.54) is 25.7 Å². The lowest BCUT2D eigenvalue weighted by molar-refractivity contribution is 0.331. The highest BCUT2D eigenvalue weighted by molar-refractivity contribution is 5.36. The number of hydrogen-bond donors (Lipinski definition) is 2. The van der Waals surface area contributed by atoms with Crippen LogP contribution in [0.25, 0.3) is 0 Å². The number of hydrogen-bond acceptors (Lipinski definition) is 3. The highest BCUT2D eigenvalue weighted by Gasteiger charge is 2.32. The van der Waals surface area contributed by atoms with Crippen LogP contribution in [0.4, 0.5) is 5.82 Å². The monoisotopic (exact) mass is 222 g/mol. The first-order chi connectivity index (χ1) is 7.65. The molecule has 90 valence electrons. The quantitative estimate of drug-likeness (QED) is 0.814. The number of aryl methyl sites for hydroxylation is 2. The van der Waals surface area contributed by atoms with Gasteiger partial charge in [-0.1, -0.05) is 12.8 Å². The molecule has 0 amide bonds. The van der Waals surface area contributed by atoms with Gasteiger partial charge in [0, 0.05) is 19.7 Å². The Bertz CT molecular complexity index is 350. The lowest BCUT2D eigenvalue weighted by Gasteiger charge is -2.27. The molecule has 0 radical (unpaired) electrons. The fraction of sp³-hybridized carbons (Fsp3) is 0.750. The maximum atomic E-state index is 5.91. The van der Waals surface area contributed by atoms with E-state index in [1.807, 2.05) is 18.7 Å². The molecule has 0 bridgehead atoms. The zero-order chi connectivity index (χ0) is 11.6. The second-order valence-electron chi connectivity index (χ2n) is 5.06. The zero-order valence-electron chi connectivity index (χ0n) is 10.3. The smallest absolute Gasteiger partial charge is 0.124 e. The van der Waals surface area contributed by atoms with Crippen molar-refractivity contribution in [1.29, 1.82) is 0 Å². The summed E-state index contributed by atoms with van der Waals surface area (Å²) >= 11 is 0. The van der Waals surface area contributed by atoms with Crippen LogP contribution in [-0.4, -0.2) is 22.9 Å². The van der Waals surface area contributed by atoms with Crippen LogP contribution in [-0.2, 0) is 7.05 Å². The average molecular weight is 222 g/mol. The minimum absolute atomic E-state index is 0.318. The molecule has 0 unspecified atom stereocenters. The van der Waals surface area contributed by atoms with Gasteiger partial charge >= 0.3 is 0 Å². The van der Waals surface area contributed by atoms with Crippen LogP contribution in [0.1, 0.15) is 31.4 Å². The summed E-state index contributed by atoms with van der Waals surface area (Å²) in [6, 6.07) is 2.08. The number of nitrogens with zero attached hydrogens (tertiary/aromatic N) is 2. The van der Waals surface area contributed by atoms with Crippen LogP contribution in [0.15, 0.2) is 6.07 Å². The molecule has 3 N–H and O–H groups in total. The predicted molar refractivity (Wildman–Crippen MR) is 66.4 cm³/mol. The number of nitrogens with two attached hydrogens (primary N) is 1. The van der Waals surface area contributed by atoms with E-state index in [0.717, 1.165) is 24.6 Å². The standard InChI is InChI=1S/C12H22N4/c1-10-7-11(16(2)15-10)14-9-12(8-13)5-3-4-6-12/h7,14H,3-6,8-9,13H2,1-2H3. The lowest BCUT2D eigenvalue weighted by atomic mass is 9.86. The summed E-state index contributed by atoms with van der Waals surface area (Å²) in [4.78, 5) is 0. The molecule has 0 spiro atoms. The Labute approximate surface area is 97.2 Å². The van der Waals surface area contributed by atoms with E-state index in [0.29, 0.717) is 5.41 Å². The predicted octanol–water partition coefficient (Wildman–Crippen LogP) is 1.66. The summed E-state index contributed by atoms with van der Waals surface area (Å²) < 4.78 is 1.90. The van der Waals surface area contributed by atoms with Crippen LogP contribution >= 0.6 is 0 Å². The third-order valence-electron chi connectivity index (χ3n) is 3.74. The molecule has 0 aromatic carbocycles. The molecular weight excluding hydrogens is 200 g/mol. The second kappa shape index (κ2) is 4.45. The lowest BCUT2D eigenvalue weighted by Crippen LogP contribution is -2.35. The van der Waals surface area contributed by atoms with Crippen molar-refractivity contribution in [2.45, 2.75) is 32.6 Å². The van der Waals surface area contributed by atoms with Crippen molar-refractivity contribution in [3.05, 3.63) is 11.8 Å². The number of aromatic nitrogens is 2. The fourth-order valence-corrected chi connectivity index (χ4v) is 2.63. The van der Waals surface area contributed by atoms with Crippen LogP contribution in [0.2, 0.25) is 0 Å². The van der Waals surface area contributed by atoms with E-state index in [-0.39, 0.29) is 0 Å². The molecule has 4 nitrogen and oxygen atoms in total. The van der Waals surface area contributed by atoms with Crippen LogP contribution in [0, 0.1) is 12.3 Å². The molecule has 2 rings (SSSR count). The highest BCUT2D eigenvalue weighted by atomic mass is 15.3. The van der Waals surface area contributed by atoms with E-state index in [4.69, 9.17) is 5.73 Å². The fourth-order valence-electron chi connectivity index (χ4n) is 2.63. The second-order valence-corrected chi connectivity index (χ2v) is 5.06. The van der Waals surface area contributed by atoms with Crippen molar-refractivity contribution in [3.8, 4) is 0 Å². The van der Waals surface area contributed by atoms with Gasteiger partial charge in [0.15, 0.2) is 0 Å². The average Bonchev–Trinajstić information content (AvgIpc) is 2.84. The molecule has 1 aliphatic carbocycles. The SMILES string of the molecule is Cc1cc(NCC2(CN)CCCC2)n(C)n1. The van der Waals surface area contributed by atoms with Crippen molar-refractivity contribution in [2.24, 2.45) is 18.2 Å². The summed E-state index contributed by atoms with van der Waals surface area (Å²) in [7, 11) is 1.97. The van der Waals surface area contributed by atoms with E-state index >= 15 is 0 Å². The normalized spacial score (nSPS) is 18.9. The topological polar surface area (TPSA) is 55.9 Å². The first-order valence-corrected chi connectivity index (χ1v) is 6.10.